The topological polar surface area (TPSA) is 55.8 Å². The molecular weight excluding hydrogens is 290 g/mol. The summed E-state index contributed by atoms with van der Waals surface area (Å²) < 4.78 is 0. The first kappa shape index (κ1) is 17.6. The molecule has 1 aromatic rings. The molecule has 1 fully saturated rings. The third-order valence-corrected chi connectivity index (χ3v) is 4.33. The Hall–Kier alpha value is -1.75. The summed E-state index contributed by atoms with van der Waals surface area (Å²) >= 11 is 0. The predicted molar refractivity (Wildman–Crippen MR) is 95.0 cm³/mol. The van der Waals surface area contributed by atoms with E-state index in [2.05, 4.69) is 37.2 Å². The van der Waals surface area contributed by atoms with Gasteiger partial charge in [-0.2, -0.15) is 0 Å². The first-order chi connectivity index (χ1) is 11.0. The summed E-state index contributed by atoms with van der Waals surface area (Å²) in [4.78, 5) is 16.6. The van der Waals surface area contributed by atoms with Crippen LogP contribution in [0.4, 0.5) is 16.2 Å². The Morgan fingerprint density at radius 2 is 2.09 bits per heavy atom. The molecule has 0 spiro atoms. The maximum Gasteiger partial charge on any atom is 0.322 e. The molecule has 0 heterocycles. The van der Waals surface area contributed by atoms with Gasteiger partial charge in [0.1, 0.15) is 0 Å². The average Bonchev–Trinajstić information content (AvgIpc) is 3.35. The summed E-state index contributed by atoms with van der Waals surface area (Å²) in [6.45, 7) is 5.18. The molecular formula is C18H29N3O2. The van der Waals surface area contributed by atoms with Crippen LogP contribution in [0.3, 0.4) is 0 Å². The van der Waals surface area contributed by atoms with Gasteiger partial charge in [-0.3, -0.25) is 0 Å². The molecule has 0 saturated heterocycles. The molecule has 1 aliphatic carbocycles. The molecule has 23 heavy (non-hydrogen) atoms. The van der Waals surface area contributed by atoms with E-state index < -0.39 is 0 Å². The van der Waals surface area contributed by atoms with E-state index in [1.165, 1.54) is 0 Å². The minimum absolute atomic E-state index is 0.0326. The summed E-state index contributed by atoms with van der Waals surface area (Å²) in [5.41, 5.74) is 1.92. The van der Waals surface area contributed by atoms with Crippen molar-refractivity contribution in [2.45, 2.75) is 51.6 Å². The number of amides is 2. The molecule has 1 aliphatic rings. The summed E-state index contributed by atoms with van der Waals surface area (Å²) in [6, 6.07) is 8.70. The Kier molecular flexibility index (Phi) is 6.28. The van der Waals surface area contributed by atoms with Crippen molar-refractivity contribution in [2.75, 3.05) is 30.4 Å². The van der Waals surface area contributed by atoms with E-state index in [0.717, 1.165) is 37.1 Å². The van der Waals surface area contributed by atoms with E-state index in [-0.39, 0.29) is 12.6 Å². The Morgan fingerprint density at radius 3 is 2.70 bits per heavy atom. The Bertz CT molecular complexity index is 515. The van der Waals surface area contributed by atoms with Crippen molar-refractivity contribution in [3.63, 3.8) is 0 Å². The number of aliphatic hydroxyl groups excluding tert-OH is 1. The number of anilines is 2. The number of unbranched alkanes of at least 4 members (excludes halogenated alkanes) is 1. The van der Waals surface area contributed by atoms with Crippen LogP contribution in [0.2, 0.25) is 0 Å². The predicted octanol–water partition coefficient (Wildman–Crippen LogP) is 3.30. The number of carbonyl (C=O) groups excluding carboxylic acids is 1. The second kappa shape index (κ2) is 8.20. The van der Waals surface area contributed by atoms with Gasteiger partial charge in [-0.25, -0.2) is 4.79 Å². The monoisotopic (exact) mass is 319 g/mol. The molecule has 128 valence electrons. The van der Waals surface area contributed by atoms with E-state index in [1.54, 1.807) is 0 Å². The van der Waals surface area contributed by atoms with Crippen molar-refractivity contribution in [3.8, 4) is 0 Å². The van der Waals surface area contributed by atoms with Gasteiger partial charge in [-0.05, 0) is 57.7 Å². The quantitative estimate of drug-likeness (QED) is 0.723. The number of carbonyl (C=O) groups is 1. The number of urea groups is 1. The highest BCUT2D eigenvalue weighted by atomic mass is 16.3. The fraction of sp³-hybridized carbons (Fsp3) is 0.611. The van der Waals surface area contributed by atoms with Crippen LogP contribution in [0.15, 0.2) is 24.3 Å². The highest BCUT2D eigenvalue weighted by Gasteiger charge is 2.32. The molecule has 1 aromatic carbocycles. The van der Waals surface area contributed by atoms with Crippen LogP contribution < -0.4 is 10.2 Å². The number of nitrogens with zero attached hydrogens (tertiary/aromatic N) is 2. The second-order valence-electron chi connectivity index (χ2n) is 6.54. The number of rotatable bonds is 8. The van der Waals surface area contributed by atoms with E-state index in [9.17, 15) is 4.79 Å². The summed E-state index contributed by atoms with van der Waals surface area (Å²) in [5.74, 6) is 0. The Labute approximate surface area is 139 Å². The molecule has 0 unspecified atom stereocenters. The third kappa shape index (κ3) is 5.13. The van der Waals surface area contributed by atoms with E-state index in [4.69, 9.17) is 5.11 Å². The van der Waals surface area contributed by atoms with Crippen molar-refractivity contribution in [1.29, 1.82) is 0 Å². The summed E-state index contributed by atoms with van der Waals surface area (Å²) in [5, 5.41) is 11.9. The van der Waals surface area contributed by atoms with Crippen LogP contribution in [0, 0.1) is 0 Å². The highest BCUT2D eigenvalue weighted by Crippen LogP contribution is 2.28. The number of aliphatic hydroxyl groups is 1. The maximum atomic E-state index is 12.5. The average molecular weight is 319 g/mol. The van der Waals surface area contributed by atoms with Crippen molar-refractivity contribution < 1.29 is 9.90 Å². The first-order valence-electron chi connectivity index (χ1n) is 8.54. The summed E-state index contributed by atoms with van der Waals surface area (Å²) in [7, 11) is 2.05. The molecule has 1 saturated carbocycles. The lowest BCUT2D eigenvalue weighted by Gasteiger charge is -2.25. The Balaban J connectivity index is 1.99. The van der Waals surface area contributed by atoms with Crippen LogP contribution in [0.5, 0.6) is 0 Å². The number of hydrogen-bond acceptors (Lipinski definition) is 3. The van der Waals surface area contributed by atoms with E-state index >= 15 is 0 Å². The second-order valence-corrected chi connectivity index (χ2v) is 6.54. The van der Waals surface area contributed by atoms with Crippen molar-refractivity contribution in [1.82, 2.24) is 4.90 Å². The minimum Gasteiger partial charge on any atom is -0.396 e. The number of benzene rings is 1. The van der Waals surface area contributed by atoms with Gasteiger partial charge < -0.3 is 20.2 Å². The largest absolute Gasteiger partial charge is 0.396 e. The van der Waals surface area contributed by atoms with Crippen LogP contribution >= 0.6 is 0 Å². The normalized spacial score (nSPS) is 14.0. The van der Waals surface area contributed by atoms with Crippen LogP contribution in [-0.4, -0.2) is 48.3 Å². The lowest BCUT2D eigenvalue weighted by Crippen LogP contribution is -2.37. The lowest BCUT2D eigenvalue weighted by molar-refractivity contribution is 0.204. The van der Waals surface area contributed by atoms with Gasteiger partial charge >= 0.3 is 6.03 Å². The zero-order valence-electron chi connectivity index (χ0n) is 14.5. The standard InChI is InChI=1S/C18H29N3O2/c1-14(2)20(3)17-8-6-7-15(13-17)19-18(23)21(16-9-10-16)11-4-5-12-22/h6-8,13-14,16,22H,4-5,9-12H2,1-3H3,(H,19,23). The van der Waals surface area contributed by atoms with Gasteiger partial charge in [-0.1, -0.05) is 6.07 Å². The molecule has 0 aliphatic heterocycles. The highest BCUT2D eigenvalue weighted by molar-refractivity contribution is 5.90. The molecule has 0 aromatic heterocycles. The maximum absolute atomic E-state index is 12.5. The van der Waals surface area contributed by atoms with Crippen LogP contribution in [0.25, 0.3) is 0 Å². The van der Waals surface area contributed by atoms with Gasteiger partial charge in [-0.15, -0.1) is 0 Å². The van der Waals surface area contributed by atoms with Gasteiger partial charge in [0.05, 0.1) is 0 Å². The van der Waals surface area contributed by atoms with Crippen LogP contribution in [-0.2, 0) is 0 Å². The van der Waals surface area contributed by atoms with Crippen molar-refractivity contribution >= 4 is 17.4 Å². The third-order valence-electron chi connectivity index (χ3n) is 4.33. The zero-order chi connectivity index (χ0) is 16.8. The molecule has 2 amide bonds. The molecule has 5 nitrogen and oxygen atoms in total. The fourth-order valence-electron chi connectivity index (χ4n) is 2.53. The molecule has 2 rings (SSSR count). The zero-order valence-corrected chi connectivity index (χ0v) is 14.5. The van der Waals surface area contributed by atoms with Gasteiger partial charge in [0.15, 0.2) is 0 Å². The summed E-state index contributed by atoms with van der Waals surface area (Å²) in [6.07, 6.45) is 3.76. The van der Waals surface area contributed by atoms with Gasteiger partial charge in [0, 0.05) is 43.7 Å². The molecule has 0 atom stereocenters. The molecule has 2 N–H and O–H groups in total. The van der Waals surface area contributed by atoms with Crippen LogP contribution in [0.1, 0.15) is 39.5 Å². The Morgan fingerprint density at radius 1 is 1.35 bits per heavy atom. The van der Waals surface area contributed by atoms with Gasteiger partial charge in [0.2, 0.25) is 0 Å². The molecule has 5 heteroatoms. The smallest absolute Gasteiger partial charge is 0.322 e. The minimum atomic E-state index is -0.0326. The first-order valence-corrected chi connectivity index (χ1v) is 8.54. The van der Waals surface area contributed by atoms with Crippen molar-refractivity contribution in [3.05, 3.63) is 24.3 Å². The number of nitrogens with one attached hydrogen (secondary N) is 1. The molecule has 0 bridgehead atoms. The fourth-order valence-corrected chi connectivity index (χ4v) is 2.53. The number of hydrogen-bond donors (Lipinski definition) is 2. The van der Waals surface area contributed by atoms with E-state index in [0.29, 0.717) is 18.6 Å². The van der Waals surface area contributed by atoms with Gasteiger partial charge in [0.25, 0.3) is 0 Å². The van der Waals surface area contributed by atoms with E-state index in [1.807, 2.05) is 23.1 Å². The lowest BCUT2D eigenvalue weighted by atomic mass is 10.2. The SMILES string of the molecule is CC(C)N(C)c1cccc(NC(=O)N(CCCCO)C2CC2)c1. The molecule has 0 radical (unpaired) electrons. The van der Waals surface area contributed by atoms with Crippen molar-refractivity contribution in [2.24, 2.45) is 0 Å².